The number of hydrogen-bond acceptors (Lipinski definition) is 8. The molecule has 3 aromatic rings. The van der Waals surface area contributed by atoms with Gasteiger partial charge in [-0.15, -0.1) is 0 Å². The summed E-state index contributed by atoms with van der Waals surface area (Å²) in [4.78, 5) is 37.5. The highest BCUT2D eigenvalue weighted by Crippen LogP contribution is 2.35. The largest absolute Gasteiger partial charge is 0.379 e. The predicted octanol–water partition coefficient (Wildman–Crippen LogP) is 1.49. The highest BCUT2D eigenvalue weighted by molar-refractivity contribution is 6.10. The topological polar surface area (TPSA) is 105 Å². The van der Waals surface area contributed by atoms with Crippen LogP contribution in [0, 0.1) is 0 Å². The number of anilines is 2. The van der Waals surface area contributed by atoms with E-state index < -0.39 is 0 Å². The Bertz CT molecular complexity index is 1310. The number of morpholine rings is 2. The van der Waals surface area contributed by atoms with Gasteiger partial charge in [-0.05, 0) is 30.7 Å². The zero-order chi connectivity index (χ0) is 25.4. The molecule has 2 saturated heterocycles. The van der Waals surface area contributed by atoms with Crippen LogP contribution >= 0.6 is 0 Å². The first-order valence-electron chi connectivity index (χ1n) is 12.8. The number of ether oxygens (including phenoxy) is 2. The Morgan fingerprint density at radius 3 is 2.65 bits per heavy atom. The number of benzene rings is 1. The molecule has 3 aliphatic heterocycles. The van der Waals surface area contributed by atoms with Gasteiger partial charge < -0.3 is 24.6 Å². The van der Waals surface area contributed by atoms with Crippen LogP contribution in [0.25, 0.3) is 5.65 Å². The van der Waals surface area contributed by atoms with Crippen molar-refractivity contribution < 1.29 is 19.1 Å². The molecule has 37 heavy (non-hydrogen) atoms. The third-order valence-corrected chi connectivity index (χ3v) is 7.38. The van der Waals surface area contributed by atoms with Crippen molar-refractivity contribution in [1.29, 1.82) is 0 Å². The number of nitrogens with zero attached hydrogens (tertiary/aromatic N) is 6. The zero-order valence-corrected chi connectivity index (χ0v) is 20.9. The van der Waals surface area contributed by atoms with Gasteiger partial charge in [0, 0.05) is 63.3 Å². The van der Waals surface area contributed by atoms with E-state index in [1.165, 1.54) is 6.20 Å². The zero-order valence-electron chi connectivity index (χ0n) is 20.9. The Morgan fingerprint density at radius 1 is 1.11 bits per heavy atom. The smallest absolute Gasteiger partial charge is 0.261 e. The van der Waals surface area contributed by atoms with Gasteiger partial charge in [0.15, 0.2) is 5.65 Å². The van der Waals surface area contributed by atoms with Crippen LogP contribution in [0.4, 0.5) is 11.4 Å². The lowest BCUT2D eigenvalue weighted by Gasteiger charge is -2.34. The lowest BCUT2D eigenvalue weighted by atomic mass is 10.1. The maximum Gasteiger partial charge on any atom is 0.261 e. The third kappa shape index (κ3) is 4.65. The Morgan fingerprint density at radius 2 is 1.86 bits per heavy atom. The molecule has 0 aliphatic carbocycles. The Labute approximate surface area is 214 Å². The third-order valence-electron chi connectivity index (χ3n) is 7.38. The minimum absolute atomic E-state index is 0.0364. The van der Waals surface area contributed by atoms with E-state index in [0.29, 0.717) is 61.9 Å². The number of nitrogens with one attached hydrogen (secondary N) is 1. The fourth-order valence-electron chi connectivity index (χ4n) is 5.35. The number of carbonyl (C=O) groups is 2. The molecule has 1 N–H and O–H groups in total. The van der Waals surface area contributed by atoms with Gasteiger partial charge in [0.25, 0.3) is 11.8 Å². The van der Waals surface area contributed by atoms with E-state index in [4.69, 9.17) is 9.47 Å². The van der Waals surface area contributed by atoms with E-state index in [1.807, 2.05) is 17.0 Å². The lowest BCUT2D eigenvalue weighted by Crippen LogP contribution is -2.47. The molecule has 6 rings (SSSR count). The minimum atomic E-state index is -0.287. The summed E-state index contributed by atoms with van der Waals surface area (Å²) in [6.45, 7) is 9.12. The van der Waals surface area contributed by atoms with E-state index in [1.54, 1.807) is 23.0 Å². The monoisotopic (exact) mass is 505 g/mol. The molecular weight excluding hydrogens is 474 g/mol. The van der Waals surface area contributed by atoms with Crippen molar-refractivity contribution in [1.82, 2.24) is 24.4 Å². The van der Waals surface area contributed by atoms with E-state index in [0.717, 1.165) is 37.6 Å². The molecule has 3 aliphatic rings. The molecule has 0 spiro atoms. The van der Waals surface area contributed by atoms with Crippen LogP contribution in [0.3, 0.4) is 0 Å². The first kappa shape index (κ1) is 23.8. The quantitative estimate of drug-likeness (QED) is 0.538. The van der Waals surface area contributed by atoms with E-state index in [9.17, 15) is 9.59 Å². The molecule has 0 bridgehead atoms. The van der Waals surface area contributed by atoms with Crippen LogP contribution in [0.15, 0.2) is 36.8 Å². The van der Waals surface area contributed by atoms with Gasteiger partial charge in [-0.25, -0.2) is 9.50 Å². The fraction of sp³-hybridized carbons (Fsp3) is 0.462. The Hall–Kier alpha value is -3.54. The van der Waals surface area contributed by atoms with Crippen LogP contribution in [0.5, 0.6) is 0 Å². The first-order chi connectivity index (χ1) is 18.1. The molecule has 1 aromatic carbocycles. The summed E-state index contributed by atoms with van der Waals surface area (Å²) in [5.41, 5.74) is 4.02. The molecular formula is C26H31N7O4. The molecule has 1 unspecified atom stereocenters. The van der Waals surface area contributed by atoms with Crippen molar-refractivity contribution in [2.75, 3.05) is 69.4 Å². The maximum absolute atomic E-state index is 13.4. The summed E-state index contributed by atoms with van der Waals surface area (Å²) in [6.07, 6.45) is 4.92. The van der Waals surface area contributed by atoms with Gasteiger partial charge in [0.05, 0.1) is 44.0 Å². The molecule has 11 nitrogen and oxygen atoms in total. The molecule has 2 fully saturated rings. The predicted molar refractivity (Wildman–Crippen MR) is 137 cm³/mol. The number of fused-ring (bicyclic) bond motifs is 2. The number of aromatic nitrogens is 3. The molecule has 0 saturated carbocycles. The second-order valence-electron chi connectivity index (χ2n) is 9.71. The van der Waals surface area contributed by atoms with Gasteiger partial charge in [-0.1, -0.05) is 0 Å². The van der Waals surface area contributed by atoms with E-state index >= 15 is 0 Å². The minimum Gasteiger partial charge on any atom is -0.379 e. The summed E-state index contributed by atoms with van der Waals surface area (Å²) < 4.78 is 12.6. The Kier molecular flexibility index (Phi) is 6.49. The standard InChI is InChI=1S/C26H31N7O4/c1-18(30-5-9-36-10-6-30)16-32-17-19-13-22(23(14-20(19)26(32)35)31-7-11-37-12-8-31)29-25(34)21-15-28-33-4-2-3-27-24(21)33/h2-4,13-15,18H,5-12,16-17H2,1H3,(H,29,34). The highest BCUT2D eigenvalue weighted by Gasteiger charge is 2.32. The second kappa shape index (κ2) is 10.1. The van der Waals surface area contributed by atoms with Gasteiger partial charge in [0.2, 0.25) is 0 Å². The van der Waals surface area contributed by atoms with Crippen molar-refractivity contribution >= 4 is 28.8 Å². The van der Waals surface area contributed by atoms with E-state index in [2.05, 4.69) is 32.1 Å². The van der Waals surface area contributed by atoms with Crippen LogP contribution < -0.4 is 10.2 Å². The SMILES string of the molecule is CC(CN1Cc2cc(NC(=O)c3cnn4cccnc34)c(N3CCOCC3)cc2C1=O)N1CCOCC1. The average molecular weight is 506 g/mol. The number of amides is 2. The molecule has 194 valence electrons. The van der Waals surface area contributed by atoms with Gasteiger partial charge in [0.1, 0.15) is 5.56 Å². The summed E-state index contributed by atoms with van der Waals surface area (Å²) >= 11 is 0. The lowest BCUT2D eigenvalue weighted by molar-refractivity contribution is 0.0128. The van der Waals surface area contributed by atoms with Crippen molar-refractivity contribution in [3.8, 4) is 0 Å². The fourth-order valence-corrected chi connectivity index (χ4v) is 5.35. The molecule has 5 heterocycles. The highest BCUT2D eigenvalue weighted by atomic mass is 16.5. The van der Waals surface area contributed by atoms with E-state index in [-0.39, 0.29) is 17.9 Å². The molecule has 11 heteroatoms. The molecule has 2 aromatic heterocycles. The van der Waals surface area contributed by atoms with Crippen LogP contribution in [-0.2, 0) is 16.0 Å². The molecule has 1 atom stereocenters. The van der Waals surface area contributed by atoms with Crippen LogP contribution in [0.2, 0.25) is 0 Å². The number of rotatable bonds is 6. The van der Waals surface area contributed by atoms with Gasteiger partial charge >= 0.3 is 0 Å². The molecule has 0 radical (unpaired) electrons. The maximum atomic E-state index is 13.4. The average Bonchev–Trinajstić information content (AvgIpc) is 3.50. The first-order valence-corrected chi connectivity index (χ1v) is 12.8. The van der Waals surface area contributed by atoms with Gasteiger partial charge in [-0.2, -0.15) is 5.10 Å². The summed E-state index contributed by atoms with van der Waals surface area (Å²) in [5, 5.41) is 7.33. The van der Waals surface area contributed by atoms with Crippen LogP contribution in [-0.4, -0.2) is 101 Å². The van der Waals surface area contributed by atoms with Crippen molar-refractivity contribution in [2.24, 2.45) is 0 Å². The van der Waals surface area contributed by atoms with Gasteiger partial charge in [-0.3, -0.25) is 14.5 Å². The van der Waals surface area contributed by atoms with Crippen molar-refractivity contribution in [2.45, 2.75) is 19.5 Å². The van der Waals surface area contributed by atoms with Crippen LogP contribution in [0.1, 0.15) is 33.2 Å². The van der Waals surface area contributed by atoms with Crippen molar-refractivity contribution in [3.05, 3.63) is 53.5 Å². The van der Waals surface area contributed by atoms with Crippen molar-refractivity contribution in [3.63, 3.8) is 0 Å². The normalized spacial score (nSPS) is 19.3. The molecule has 2 amide bonds. The second-order valence-corrected chi connectivity index (χ2v) is 9.71. The Balaban J connectivity index is 1.28. The number of hydrogen-bond donors (Lipinski definition) is 1. The number of carbonyl (C=O) groups excluding carboxylic acids is 2. The summed E-state index contributed by atoms with van der Waals surface area (Å²) in [7, 11) is 0. The summed E-state index contributed by atoms with van der Waals surface area (Å²) in [6, 6.07) is 5.89. The summed E-state index contributed by atoms with van der Waals surface area (Å²) in [5.74, 6) is -0.250.